The molecule has 1 aromatic carbocycles. The standard InChI is InChI=1S/C36H46N4.C7H8.Pd/c1-9-22-19-25-20-23-17-18-24(37-23)21-32-26(10-2)29(13-5)36(40(32)16-8)31(15-7)35-28(12-4)27(11-3)34(39-35)30(14-6)33(22)38-25;1-7-5-3-2-4-6-7;/h17-21,38H,9-16H2,1-8H3;2-6H,1H3;. The summed E-state index contributed by atoms with van der Waals surface area (Å²) in [6.07, 6.45) is 11.2. The predicted octanol–water partition coefficient (Wildman–Crippen LogP) is 11.5. The van der Waals surface area contributed by atoms with Gasteiger partial charge < -0.3 is 9.55 Å². The quantitative estimate of drug-likeness (QED) is 0.161. The van der Waals surface area contributed by atoms with E-state index in [9.17, 15) is 0 Å². The van der Waals surface area contributed by atoms with Crippen LogP contribution in [0.5, 0.6) is 0 Å². The molecule has 0 fully saturated rings. The van der Waals surface area contributed by atoms with Gasteiger partial charge in [-0.25, -0.2) is 9.97 Å². The summed E-state index contributed by atoms with van der Waals surface area (Å²) in [5, 5.41) is 0. The van der Waals surface area contributed by atoms with Crippen LogP contribution >= 0.6 is 0 Å². The van der Waals surface area contributed by atoms with Crippen molar-refractivity contribution in [2.75, 3.05) is 0 Å². The zero-order chi connectivity index (χ0) is 33.7. The van der Waals surface area contributed by atoms with Gasteiger partial charge in [0.25, 0.3) is 0 Å². The average molecular weight is 733 g/mol. The summed E-state index contributed by atoms with van der Waals surface area (Å²) in [6, 6.07) is 17.1. The van der Waals surface area contributed by atoms with E-state index in [4.69, 9.17) is 9.97 Å². The molecule has 3 aromatic heterocycles. The number of fused-ring (bicyclic) bond motifs is 8. The molecule has 5 heterocycles. The second-order valence-corrected chi connectivity index (χ2v) is 12.5. The number of nitrogens with one attached hydrogen (secondary N) is 1. The van der Waals surface area contributed by atoms with Crippen LogP contribution in [-0.4, -0.2) is 19.5 Å². The van der Waals surface area contributed by atoms with Gasteiger partial charge in [0, 0.05) is 54.6 Å². The second kappa shape index (κ2) is 16.7. The van der Waals surface area contributed by atoms with Crippen molar-refractivity contribution in [2.45, 2.75) is 114 Å². The number of benzene rings is 1. The molecule has 0 saturated heterocycles. The van der Waals surface area contributed by atoms with Gasteiger partial charge in [-0.15, -0.1) is 0 Å². The van der Waals surface area contributed by atoms with Gasteiger partial charge in [0.2, 0.25) is 0 Å². The molecule has 5 heteroatoms. The Kier molecular flexibility index (Phi) is 13.0. The van der Waals surface area contributed by atoms with Crippen molar-refractivity contribution in [1.82, 2.24) is 19.5 Å². The molecule has 256 valence electrons. The second-order valence-electron chi connectivity index (χ2n) is 12.5. The molecule has 4 nitrogen and oxygen atoms in total. The van der Waals surface area contributed by atoms with Crippen molar-refractivity contribution in [3.63, 3.8) is 0 Å². The van der Waals surface area contributed by atoms with Gasteiger partial charge in [0.1, 0.15) is 0 Å². The van der Waals surface area contributed by atoms with Crippen molar-refractivity contribution < 1.29 is 20.4 Å². The van der Waals surface area contributed by atoms with E-state index < -0.39 is 0 Å². The summed E-state index contributed by atoms with van der Waals surface area (Å²) < 4.78 is 2.55. The topological polar surface area (TPSA) is 46.5 Å². The normalized spacial score (nSPS) is 12.2. The fourth-order valence-corrected chi connectivity index (χ4v) is 7.60. The summed E-state index contributed by atoms with van der Waals surface area (Å²) in [6.45, 7) is 21.3. The molecule has 0 radical (unpaired) electrons. The summed E-state index contributed by atoms with van der Waals surface area (Å²) in [5.74, 6) is 0. The van der Waals surface area contributed by atoms with E-state index >= 15 is 0 Å². The molecule has 48 heavy (non-hydrogen) atoms. The van der Waals surface area contributed by atoms with E-state index in [1.54, 1.807) is 0 Å². The number of hydrogen-bond donors (Lipinski definition) is 1. The summed E-state index contributed by atoms with van der Waals surface area (Å²) in [4.78, 5) is 14.4. The maximum absolute atomic E-state index is 5.61. The Bertz CT molecular complexity index is 1970. The van der Waals surface area contributed by atoms with E-state index in [-0.39, 0.29) is 20.4 Å². The summed E-state index contributed by atoms with van der Waals surface area (Å²) in [7, 11) is 0. The number of H-pyrrole nitrogens is 1. The fraction of sp³-hybridized carbons (Fsp3) is 0.395. The Balaban J connectivity index is 0.000000578. The first-order valence-electron chi connectivity index (χ1n) is 18.1. The first-order valence-corrected chi connectivity index (χ1v) is 18.1. The first-order chi connectivity index (χ1) is 22.9. The zero-order valence-electron chi connectivity index (χ0n) is 30.6. The number of nitrogens with zero attached hydrogens (tertiary/aromatic N) is 3. The van der Waals surface area contributed by atoms with E-state index in [0.717, 1.165) is 68.4 Å². The van der Waals surface area contributed by atoms with Crippen LogP contribution < -0.4 is 0 Å². The molecule has 0 unspecified atom stereocenters. The Morgan fingerprint density at radius 1 is 0.604 bits per heavy atom. The molecule has 2 aliphatic rings. The van der Waals surface area contributed by atoms with Gasteiger partial charge >= 0.3 is 0 Å². The molecule has 0 atom stereocenters. The van der Waals surface area contributed by atoms with E-state index in [0.29, 0.717) is 0 Å². The van der Waals surface area contributed by atoms with Gasteiger partial charge in [-0.1, -0.05) is 84.4 Å². The number of allylic oxidation sites excluding steroid dienone is 2. The van der Waals surface area contributed by atoms with Gasteiger partial charge in [-0.3, -0.25) is 0 Å². The number of hydrogen-bond acceptors (Lipinski definition) is 2. The minimum atomic E-state index is 0. The summed E-state index contributed by atoms with van der Waals surface area (Å²) in [5.41, 5.74) is 20.6. The molecule has 8 bridgehead atoms. The van der Waals surface area contributed by atoms with E-state index in [1.807, 2.05) is 18.2 Å². The van der Waals surface area contributed by atoms with Gasteiger partial charge in [0.05, 0.1) is 28.3 Å². The largest absolute Gasteiger partial charge is 0.355 e. The number of aromatic amines is 1. The molecule has 0 amide bonds. The molecule has 0 aliphatic carbocycles. The van der Waals surface area contributed by atoms with Crippen LogP contribution in [0.1, 0.15) is 124 Å². The third-order valence-corrected chi connectivity index (χ3v) is 9.79. The minimum Gasteiger partial charge on any atom is -0.355 e. The summed E-state index contributed by atoms with van der Waals surface area (Å²) >= 11 is 0. The average Bonchev–Trinajstić information content (AvgIpc) is 3.86. The van der Waals surface area contributed by atoms with E-state index in [2.05, 4.69) is 114 Å². The molecule has 0 spiro atoms. The van der Waals surface area contributed by atoms with E-state index in [1.165, 1.54) is 72.5 Å². The third kappa shape index (κ3) is 7.10. The van der Waals surface area contributed by atoms with Crippen LogP contribution in [0, 0.1) is 6.92 Å². The smallest absolute Gasteiger partial charge is 0.0725 e. The van der Waals surface area contributed by atoms with Crippen LogP contribution in [0.4, 0.5) is 0 Å². The van der Waals surface area contributed by atoms with Crippen LogP contribution in [-0.2, 0) is 59.1 Å². The predicted molar refractivity (Wildman–Crippen MR) is 205 cm³/mol. The minimum absolute atomic E-state index is 0. The van der Waals surface area contributed by atoms with Crippen molar-refractivity contribution in [1.29, 1.82) is 0 Å². The monoisotopic (exact) mass is 732 g/mol. The first kappa shape index (κ1) is 37.3. The molecule has 4 aromatic rings. The number of aryl methyl sites for hydroxylation is 7. The molecule has 6 rings (SSSR count). The maximum Gasteiger partial charge on any atom is 0.0725 e. The molecule has 2 aliphatic heterocycles. The van der Waals surface area contributed by atoms with Gasteiger partial charge in [-0.2, -0.15) is 0 Å². The maximum atomic E-state index is 5.61. The molecular formula is C43H54N4Pd. The van der Waals surface area contributed by atoms with Crippen LogP contribution in [0.3, 0.4) is 0 Å². The van der Waals surface area contributed by atoms with Crippen molar-refractivity contribution in [2.24, 2.45) is 0 Å². The van der Waals surface area contributed by atoms with Crippen molar-refractivity contribution in [3.05, 3.63) is 105 Å². The third-order valence-electron chi connectivity index (χ3n) is 9.79. The van der Waals surface area contributed by atoms with Gasteiger partial charge in [-0.05, 0) is 117 Å². The Morgan fingerprint density at radius 2 is 1.19 bits per heavy atom. The molecular weight excluding hydrogens is 679 g/mol. The number of rotatable bonds is 8. The van der Waals surface area contributed by atoms with Crippen LogP contribution in [0.25, 0.3) is 45.4 Å². The van der Waals surface area contributed by atoms with Crippen LogP contribution in [0.2, 0.25) is 0 Å². The molecule has 0 saturated carbocycles. The zero-order valence-corrected chi connectivity index (χ0v) is 32.1. The number of aromatic nitrogens is 4. The van der Waals surface area contributed by atoms with Gasteiger partial charge in [0.15, 0.2) is 0 Å². The fourth-order valence-electron chi connectivity index (χ4n) is 7.60. The SMILES string of the molecule is CCC1=C(CC)c2nc1c(CC)c1[nH]c(cc3nc(cc4c(CC)c(CC)c(c2CC)n4CC)C=C3)cc1CC.Cc1ccccc1.[Pd]. The van der Waals surface area contributed by atoms with Crippen molar-refractivity contribution in [3.8, 4) is 0 Å². The van der Waals surface area contributed by atoms with Crippen LogP contribution in [0.15, 0.2) is 48.5 Å². The Morgan fingerprint density at radius 3 is 1.69 bits per heavy atom. The molecule has 1 N–H and O–H groups in total. The Labute approximate surface area is 302 Å². The van der Waals surface area contributed by atoms with Crippen molar-refractivity contribution >= 4 is 45.4 Å². The Hall–Kier alpha value is -3.52.